The summed E-state index contributed by atoms with van der Waals surface area (Å²) in [6, 6.07) is 0. The van der Waals surface area contributed by atoms with Gasteiger partial charge in [0.2, 0.25) is 5.91 Å². The Morgan fingerprint density at radius 1 is 1.23 bits per heavy atom. The van der Waals surface area contributed by atoms with Crippen molar-refractivity contribution in [2.45, 2.75) is 12.9 Å². The molecule has 0 rings (SSSR count). The molecule has 13 heavy (non-hydrogen) atoms. The summed E-state index contributed by atoms with van der Waals surface area (Å²) in [7, 11) is 0. The topological polar surface area (TPSA) is 20.3 Å². The van der Waals surface area contributed by atoms with Crippen molar-refractivity contribution in [3.05, 3.63) is 12.7 Å². The van der Waals surface area contributed by atoms with E-state index in [1.54, 1.807) is 0 Å². The molecule has 0 aliphatic heterocycles. The first kappa shape index (κ1) is 11.9. The van der Waals surface area contributed by atoms with Crippen molar-refractivity contribution >= 4 is 5.91 Å². The third kappa shape index (κ3) is 5.21. The van der Waals surface area contributed by atoms with Crippen LogP contribution < -0.4 is 0 Å². The second kappa shape index (κ2) is 5.55. The molecule has 0 aromatic carbocycles. The molecule has 6 heteroatoms. The molecule has 0 aromatic heterocycles. The highest BCUT2D eigenvalue weighted by Gasteiger charge is 2.19. The first-order valence-electron chi connectivity index (χ1n) is 3.45. The number of amides is 1. The molecule has 0 atom stereocenters. The highest BCUT2D eigenvalue weighted by molar-refractivity contribution is 5.87. The zero-order valence-corrected chi connectivity index (χ0v) is 6.72. The fourth-order valence-electron chi connectivity index (χ4n) is 0.717. The van der Waals surface area contributed by atoms with E-state index in [1.165, 1.54) is 0 Å². The van der Waals surface area contributed by atoms with Gasteiger partial charge in [-0.2, -0.15) is 0 Å². The van der Waals surface area contributed by atoms with Crippen LogP contribution in [0.4, 0.5) is 17.6 Å². The van der Waals surface area contributed by atoms with E-state index < -0.39 is 31.8 Å². The average molecular weight is 199 g/mol. The molecule has 0 saturated heterocycles. The Morgan fingerprint density at radius 3 is 1.85 bits per heavy atom. The van der Waals surface area contributed by atoms with Crippen LogP contribution in [0.1, 0.15) is 0 Å². The van der Waals surface area contributed by atoms with Gasteiger partial charge in [0.15, 0.2) is 0 Å². The Kier molecular flexibility index (Phi) is 5.10. The molecule has 1 amide bonds. The highest BCUT2D eigenvalue weighted by Crippen LogP contribution is 2.03. The Morgan fingerprint density at radius 2 is 1.62 bits per heavy atom. The van der Waals surface area contributed by atoms with E-state index in [-0.39, 0.29) is 0 Å². The zero-order valence-electron chi connectivity index (χ0n) is 6.72. The maximum Gasteiger partial charge on any atom is 0.255 e. The molecular formula is C7H9F4NO. The molecule has 2 nitrogen and oxygen atoms in total. The van der Waals surface area contributed by atoms with Gasteiger partial charge in [-0.1, -0.05) is 6.58 Å². The quantitative estimate of drug-likeness (QED) is 0.485. The van der Waals surface area contributed by atoms with E-state index in [0.717, 1.165) is 6.08 Å². The number of hydrogen-bond acceptors (Lipinski definition) is 1. The third-order valence-corrected chi connectivity index (χ3v) is 1.20. The summed E-state index contributed by atoms with van der Waals surface area (Å²) in [5.41, 5.74) is 0. The van der Waals surface area contributed by atoms with Crippen LogP contribution in [-0.4, -0.2) is 36.7 Å². The number of halogens is 4. The van der Waals surface area contributed by atoms with Crippen molar-refractivity contribution in [2.75, 3.05) is 13.1 Å². The van der Waals surface area contributed by atoms with Crippen LogP contribution in [0.25, 0.3) is 0 Å². The molecule has 0 spiro atoms. The lowest BCUT2D eigenvalue weighted by Crippen LogP contribution is -2.37. The zero-order chi connectivity index (χ0) is 10.4. The lowest BCUT2D eigenvalue weighted by molar-refractivity contribution is -0.130. The number of hydrogen-bond donors (Lipinski definition) is 0. The van der Waals surface area contributed by atoms with Gasteiger partial charge in [0.25, 0.3) is 12.9 Å². The van der Waals surface area contributed by atoms with Crippen molar-refractivity contribution in [2.24, 2.45) is 0 Å². The maximum absolute atomic E-state index is 11.8. The monoisotopic (exact) mass is 199 g/mol. The third-order valence-electron chi connectivity index (χ3n) is 1.20. The molecule has 0 N–H and O–H groups in total. The van der Waals surface area contributed by atoms with E-state index in [2.05, 4.69) is 6.58 Å². The van der Waals surface area contributed by atoms with Crippen molar-refractivity contribution in [3.63, 3.8) is 0 Å². The molecule has 0 unspecified atom stereocenters. The molecule has 0 bridgehead atoms. The molecule has 0 aromatic rings. The van der Waals surface area contributed by atoms with Crippen LogP contribution in [-0.2, 0) is 4.79 Å². The minimum absolute atomic E-state index is 0.363. The van der Waals surface area contributed by atoms with E-state index >= 15 is 0 Å². The van der Waals surface area contributed by atoms with E-state index in [1.807, 2.05) is 0 Å². The molecular weight excluding hydrogens is 190 g/mol. The van der Waals surface area contributed by atoms with E-state index in [9.17, 15) is 22.4 Å². The van der Waals surface area contributed by atoms with Gasteiger partial charge in [-0.05, 0) is 6.08 Å². The lowest BCUT2D eigenvalue weighted by atomic mass is 10.4. The Balaban J connectivity index is 4.18. The van der Waals surface area contributed by atoms with Crippen LogP contribution in [0.5, 0.6) is 0 Å². The molecule has 0 saturated carbocycles. The SMILES string of the molecule is C=CC(=O)N(CC(F)F)CC(F)F. The summed E-state index contributed by atoms with van der Waals surface area (Å²) in [4.78, 5) is 11.1. The van der Waals surface area contributed by atoms with Gasteiger partial charge < -0.3 is 4.90 Å². The smallest absolute Gasteiger partial charge is 0.255 e. The summed E-state index contributed by atoms with van der Waals surface area (Å²) in [6.45, 7) is 1.03. The molecule has 0 aliphatic carbocycles. The number of alkyl halides is 4. The second-order valence-electron chi connectivity index (χ2n) is 2.23. The molecule has 0 fully saturated rings. The molecule has 76 valence electrons. The van der Waals surface area contributed by atoms with Gasteiger partial charge in [0.1, 0.15) is 0 Å². The summed E-state index contributed by atoms with van der Waals surface area (Å²) in [5, 5.41) is 0. The van der Waals surface area contributed by atoms with Gasteiger partial charge in [0, 0.05) is 0 Å². The van der Waals surface area contributed by atoms with Gasteiger partial charge in [0.05, 0.1) is 13.1 Å². The number of nitrogens with zero attached hydrogens (tertiary/aromatic N) is 1. The first-order chi connectivity index (χ1) is 5.97. The summed E-state index contributed by atoms with van der Waals surface area (Å²) >= 11 is 0. The molecule has 0 aliphatic rings. The molecule has 0 heterocycles. The molecule has 0 radical (unpaired) electrons. The van der Waals surface area contributed by atoms with Crippen LogP contribution in [0, 0.1) is 0 Å². The largest absolute Gasteiger partial charge is 0.328 e. The van der Waals surface area contributed by atoms with Gasteiger partial charge in [-0.25, -0.2) is 17.6 Å². The van der Waals surface area contributed by atoms with E-state index in [0.29, 0.717) is 4.90 Å². The van der Waals surface area contributed by atoms with E-state index in [4.69, 9.17) is 0 Å². The first-order valence-corrected chi connectivity index (χ1v) is 3.45. The Hall–Kier alpha value is -1.07. The van der Waals surface area contributed by atoms with Gasteiger partial charge in [-0.15, -0.1) is 0 Å². The van der Waals surface area contributed by atoms with Crippen LogP contribution in [0.2, 0.25) is 0 Å². The maximum atomic E-state index is 11.8. The number of rotatable bonds is 5. The highest BCUT2D eigenvalue weighted by atomic mass is 19.3. The fraction of sp³-hybridized carbons (Fsp3) is 0.571. The summed E-state index contributed by atoms with van der Waals surface area (Å²) in [5.74, 6) is -0.916. The lowest BCUT2D eigenvalue weighted by Gasteiger charge is -2.19. The minimum Gasteiger partial charge on any atom is -0.328 e. The second-order valence-corrected chi connectivity index (χ2v) is 2.23. The van der Waals surface area contributed by atoms with Crippen molar-refractivity contribution < 1.29 is 22.4 Å². The van der Waals surface area contributed by atoms with Crippen molar-refractivity contribution in [1.82, 2.24) is 4.90 Å². The fourth-order valence-corrected chi connectivity index (χ4v) is 0.717. The number of carbonyl (C=O) groups excluding carboxylic acids is 1. The van der Waals surface area contributed by atoms with Crippen LogP contribution in [0.3, 0.4) is 0 Å². The predicted octanol–water partition coefficient (Wildman–Crippen LogP) is 1.53. The Bertz CT molecular complexity index is 173. The average Bonchev–Trinajstić information content (AvgIpc) is 2.00. The predicted molar refractivity (Wildman–Crippen MR) is 38.8 cm³/mol. The van der Waals surface area contributed by atoms with Crippen LogP contribution in [0.15, 0.2) is 12.7 Å². The summed E-state index contributed by atoms with van der Waals surface area (Å²) in [6.07, 6.45) is -4.91. The standard InChI is InChI=1S/C7H9F4NO/c1-2-7(13)12(3-5(8)9)4-6(10)11/h2,5-6H,1,3-4H2. The normalized spacial score (nSPS) is 10.6. The van der Waals surface area contributed by atoms with Crippen LogP contribution >= 0.6 is 0 Å². The summed E-state index contributed by atoms with van der Waals surface area (Å²) < 4.78 is 47.0. The minimum atomic E-state index is -2.82. The van der Waals surface area contributed by atoms with Crippen molar-refractivity contribution in [3.8, 4) is 0 Å². The van der Waals surface area contributed by atoms with Gasteiger partial charge >= 0.3 is 0 Å². The number of carbonyl (C=O) groups is 1. The van der Waals surface area contributed by atoms with Crippen molar-refractivity contribution in [1.29, 1.82) is 0 Å². The Labute approximate surface area is 72.8 Å². The van der Waals surface area contributed by atoms with Gasteiger partial charge in [-0.3, -0.25) is 4.79 Å².